The van der Waals surface area contributed by atoms with Gasteiger partial charge in [0.2, 0.25) is 5.91 Å². The van der Waals surface area contributed by atoms with Gasteiger partial charge in [-0.2, -0.15) is 0 Å². The fourth-order valence-corrected chi connectivity index (χ4v) is 5.90. The SMILES string of the molecule is CCCCCCCCCCCC/C=C/CC/C=C/CC/C=C/C(O)C(COP(=O)([O-])OCC[N+](C)(C)C)NC(=O)CCCCCCCC. The van der Waals surface area contributed by atoms with Crippen molar-refractivity contribution in [3.63, 3.8) is 0 Å². The number of phosphoric acid groups is 1. The third-order valence-electron chi connectivity index (χ3n) is 8.33. The van der Waals surface area contributed by atoms with Gasteiger partial charge < -0.3 is 28.8 Å². The van der Waals surface area contributed by atoms with E-state index in [9.17, 15) is 19.4 Å². The van der Waals surface area contributed by atoms with Gasteiger partial charge in [-0.25, -0.2) is 0 Å². The molecule has 0 rings (SSSR count). The zero-order valence-corrected chi connectivity index (χ0v) is 32.6. The summed E-state index contributed by atoms with van der Waals surface area (Å²) in [6.07, 6.45) is 36.5. The second-order valence-corrected chi connectivity index (χ2v) is 15.7. The van der Waals surface area contributed by atoms with E-state index < -0.39 is 26.6 Å². The minimum absolute atomic E-state index is 0.00893. The Morgan fingerprint density at radius 3 is 1.69 bits per heavy atom. The van der Waals surface area contributed by atoms with Gasteiger partial charge in [0.1, 0.15) is 13.2 Å². The van der Waals surface area contributed by atoms with Crippen LogP contribution in [0.25, 0.3) is 0 Å². The second-order valence-electron chi connectivity index (χ2n) is 14.3. The molecule has 0 aliphatic rings. The first-order valence-electron chi connectivity index (χ1n) is 19.4. The van der Waals surface area contributed by atoms with E-state index in [1.165, 1.54) is 83.5 Å². The Morgan fingerprint density at radius 1 is 0.708 bits per heavy atom. The lowest BCUT2D eigenvalue weighted by Gasteiger charge is -2.29. The molecule has 0 spiro atoms. The predicted molar refractivity (Wildman–Crippen MR) is 201 cm³/mol. The van der Waals surface area contributed by atoms with Crippen molar-refractivity contribution >= 4 is 13.7 Å². The first kappa shape index (κ1) is 46.7. The van der Waals surface area contributed by atoms with E-state index in [1.54, 1.807) is 6.08 Å². The van der Waals surface area contributed by atoms with Crippen molar-refractivity contribution in [2.45, 2.75) is 167 Å². The average Bonchev–Trinajstić information content (AvgIpc) is 3.02. The van der Waals surface area contributed by atoms with Crippen molar-refractivity contribution in [3.8, 4) is 0 Å². The topological polar surface area (TPSA) is 108 Å². The molecular formula is C39H75N2O6P. The molecule has 9 heteroatoms. The summed E-state index contributed by atoms with van der Waals surface area (Å²) >= 11 is 0. The van der Waals surface area contributed by atoms with E-state index in [2.05, 4.69) is 43.5 Å². The third kappa shape index (κ3) is 33.2. The number of unbranched alkanes of at least 4 members (excludes halogenated alkanes) is 17. The molecule has 1 amide bonds. The second kappa shape index (κ2) is 31.7. The average molecular weight is 699 g/mol. The summed E-state index contributed by atoms with van der Waals surface area (Å²) in [6.45, 7) is 4.52. The molecule has 0 radical (unpaired) electrons. The number of nitrogens with one attached hydrogen (secondary N) is 1. The van der Waals surface area contributed by atoms with E-state index in [-0.39, 0.29) is 12.5 Å². The molecule has 3 unspecified atom stereocenters. The minimum Gasteiger partial charge on any atom is -0.756 e. The van der Waals surface area contributed by atoms with Crippen LogP contribution in [0.2, 0.25) is 0 Å². The standard InChI is InChI=1S/C39H75N2O6P/c1-6-8-10-12-14-15-16-17-18-19-20-21-22-23-24-25-26-27-28-30-32-38(42)37(40-39(43)33-31-29-13-11-9-7-2)36-47-48(44,45)46-35-34-41(3,4)5/h21-22,25-26,30,32,37-38,42H,6-20,23-24,27-29,31,33-36H2,1-5H3,(H-,40,43,44,45)/b22-21+,26-25+,32-30+. The molecule has 0 saturated carbocycles. The number of allylic oxidation sites excluding steroid dienone is 5. The number of hydrogen-bond acceptors (Lipinski definition) is 6. The molecule has 0 aromatic carbocycles. The molecule has 0 heterocycles. The van der Waals surface area contributed by atoms with E-state index >= 15 is 0 Å². The lowest BCUT2D eigenvalue weighted by molar-refractivity contribution is -0.870. The van der Waals surface area contributed by atoms with Crippen LogP contribution in [0.5, 0.6) is 0 Å². The molecule has 0 fully saturated rings. The van der Waals surface area contributed by atoms with Gasteiger partial charge in [0.05, 0.1) is 39.9 Å². The number of carbonyl (C=O) groups is 1. The molecule has 0 aliphatic carbocycles. The molecule has 0 aliphatic heterocycles. The molecule has 3 atom stereocenters. The highest BCUT2D eigenvalue weighted by Gasteiger charge is 2.23. The highest BCUT2D eigenvalue weighted by Crippen LogP contribution is 2.38. The van der Waals surface area contributed by atoms with Crippen LogP contribution in [0.15, 0.2) is 36.5 Å². The van der Waals surface area contributed by atoms with Crippen molar-refractivity contribution < 1.29 is 32.9 Å². The summed E-state index contributed by atoms with van der Waals surface area (Å²) in [5, 5.41) is 13.6. The van der Waals surface area contributed by atoms with E-state index in [4.69, 9.17) is 9.05 Å². The van der Waals surface area contributed by atoms with Gasteiger partial charge in [-0.05, 0) is 44.9 Å². The van der Waals surface area contributed by atoms with Crippen molar-refractivity contribution in [1.82, 2.24) is 5.32 Å². The van der Waals surface area contributed by atoms with Crippen LogP contribution in [-0.2, 0) is 18.4 Å². The molecule has 8 nitrogen and oxygen atoms in total. The number of aliphatic hydroxyl groups excluding tert-OH is 1. The highest BCUT2D eigenvalue weighted by molar-refractivity contribution is 7.45. The molecule has 0 saturated heterocycles. The normalized spacial score (nSPS) is 15.1. The summed E-state index contributed by atoms with van der Waals surface area (Å²) in [5.74, 6) is -0.223. The highest BCUT2D eigenvalue weighted by atomic mass is 31.2. The fraction of sp³-hybridized carbons (Fsp3) is 0.821. The summed E-state index contributed by atoms with van der Waals surface area (Å²) < 4.78 is 23.0. The van der Waals surface area contributed by atoms with Gasteiger partial charge in [0.25, 0.3) is 7.82 Å². The molecule has 2 N–H and O–H groups in total. The first-order valence-corrected chi connectivity index (χ1v) is 20.8. The molecular weight excluding hydrogens is 623 g/mol. The van der Waals surface area contributed by atoms with Gasteiger partial charge in [-0.15, -0.1) is 0 Å². The molecule has 0 aromatic heterocycles. The van der Waals surface area contributed by atoms with Crippen molar-refractivity contribution in [2.75, 3.05) is 40.9 Å². The maximum atomic E-state index is 12.6. The Hall–Kier alpha value is -1.28. The monoisotopic (exact) mass is 699 g/mol. The number of quaternary nitrogens is 1. The van der Waals surface area contributed by atoms with E-state index in [1.807, 2.05) is 27.2 Å². The molecule has 0 aromatic rings. The number of hydrogen-bond donors (Lipinski definition) is 2. The zero-order chi connectivity index (χ0) is 35.8. The van der Waals surface area contributed by atoms with Crippen molar-refractivity contribution in [3.05, 3.63) is 36.5 Å². The van der Waals surface area contributed by atoms with Crippen LogP contribution < -0.4 is 10.2 Å². The van der Waals surface area contributed by atoms with Crippen molar-refractivity contribution in [1.29, 1.82) is 0 Å². The van der Waals surface area contributed by atoms with Crippen LogP contribution in [-0.4, -0.2) is 68.5 Å². The Balaban J connectivity index is 4.44. The largest absolute Gasteiger partial charge is 0.756 e. The van der Waals surface area contributed by atoms with Gasteiger partial charge in [-0.1, -0.05) is 140 Å². The Morgan fingerprint density at radius 2 is 1.17 bits per heavy atom. The molecule has 282 valence electrons. The fourth-order valence-electron chi connectivity index (χ4n) is 5.18. The van der Waals surface area contributed by atoms with Gasteiger partial charge in [0.15, 0.2) is 0 Å². The maximum Gasteiger partial charge on any atom is 0.268 e. The number of likely N-dealkylation sites (N-methyl/N-ethyl adjacent to an activating group) is 1. The van der Waals surface area contributed by atoms with Gasteiger partial charge >= 0.3 is 0 Å². The predicted octanol–water partition coefficient (Wildman–Crippen LogP) is 9.33. The van der Waals surface area contributed by atoms with Crippen LogP contribution >= 0.6 is 7.82 Å². The number of nitrogens with zero attached hydrogens (tertiary/aromatic N) is 1. The Labute approximate surface area is 296 Å². The number of phosphoric ester groups is 1. The van der Waals surface area contributed by atoms with Crippen LogP contribution in [0.3, 0.4) is 0 Å². The summed E-state index contributed by atoms with van der Waals surface area (Å²) in [4.78, 5) is 24.9. The third-order valence-corrected chi connectivity index (χ3v) is 9.29. The Bertz CT molecular complexity index is 886. The zero-order valence-electron chi connectivity index (χ0n) is 31.7. The first-order chi connectivity index (χ1) is 23.0. The van der Waals surface area contributed by atoms with E-state index in [0.717, 1.165) is 51.4 Å². The van der Waals surface area contributed by atoms with Crippen LogP contribution in [0, 0.1) is 0 Å². The van der Waals surface area contributed by atoms with Gasteiger partial charge in [-0.3, -0.25) is 9.36 Å². The smallest absolute Gasteiger partial charge is 0.268 e. The minimum atomic E-state index is -4.58. The number of amides is 1. The lowest BCUT2D eigenvalue weighted by atomic mass is 10.1. The van der Waals surface area contributed by atoms with Crippen molar-refractivity contribution in [2.24, 2.45) is 0 Å². The van der Waals surface area contributed by atoms with Crippen LogP contribution in [0.1, 0.15) is 155 Å². The molecule has 0 bridgehead atoms. The van der Waals surface area contributed by atoms with E-state index in [0.29, 0.717) is 17.4 Å². The Kier molecular flexibility index (Phi) is 30.8. The number of aliphatic hydroxyl groups is 1. The van der Waals surface area contributed by atoms with Crippen LogP contribution in [0.4, 0.5) is 0 Å². The summed E-state index contributed by atoms with van der Waals surface area (Å²) in [6, 6.07) is -0.902. The van der Waals surface area contributed by atoms with Gasteiger partial charge in [0, 0.05) is 6.42 Å². The quantitative estimate of drug-likeness (QED) is 0.0300. The summed E-state index contributed by atoms with van der Waals surface area (Å²) in [5.41, 5.74) is 0. The lowest BCUT2D eigenvalue weighted by Crippen LogP contribution is -2.45. The summed E-state index contributed by atoms with van der Waals surface area (Å²) in [7, 11) is 1.23. The number of carbonyl (C=O) groups excluding carboxylic acids is 1. The maximum absolute atomic E-state index is 12.6. The number of rotatable bonds is 34. The molecule has 48 heavy (non-hydrogen) atoms.